The molecule has 3 N–H and O–H groups in total. The Kier molecular flexibility index (Phi) is 6.99. The Morgan fingerprint density at radius 3 is 2.60 bits per heavy atom. The highest BCUT2D eigenvalue weighted by Crippen LogP contribution is 2.20. The summed E-state index contributed by atoms with van der Waals surface area (Å²) in [6.45, 7) is 2.09. The van der Waals surface area contributed by atoms with Crippen LogP contribution >= 0.6 is 12.4 Å². The summed E-state index contributed by atoms with van der Waals surface area (Å²) in [5.74, 6) is -0.0934. The van der Waals surface area contributed by atoms with Gasteiger partial charge in [-0.15, -0.1) is 12.4 Å². The van der Waals surface area contributed by atoms with Crippen molar-refractivity contribution in [3.05, 3.63) is 29.8 Å². The zero-order valence-electron chi connectivity index (χ0n) is 11.8. The summed E-state index contributed by atoms with van der Waals surface area (Å²) in [5.41, 5.74) is 7.74. The van der Waals surface area contributed by atoms with Gasteiger partial charge >= 0.3 is 0 Å². The number of carbonyl (C=O) groups excluding carboxylic acids is 1. The Morgan fingerprint density at radius 2 is 1.95 bits per heavy atom. The normalized spacial score (nSPS) is 21.9. The van der Waals surface area contributed by atoms with Crippen LogP contribution < -0.4 is 11.1 Å². The number of ether oxygens (including phenoxy) is 1. The SMILES string of the molecule is Cc1ccccc1NC(=O)COC1CCC(N)CC1.Cl. The van der Waals surface area contributed by atoms with E-state index >= 15 is 0 Å². The van der Waals surface area contributed by atoms with Gasteiger partial charge in [-0.1, -0.05) is 18.2 Å². The summed E-state index contributed by atoms with van der Waals surface area (Å²) >= 11 is 0. The van der Waals surface area contributed by atoms with Gasteiger partial charge in [0.25, 0.3) is 0 Å². The van der Waals surface area contributed by atoms with E-state index in [9.17, 15) is 4.79 Å². The van der Waals surface area contributed by atoms with Crippen LogP contribution in [0.4, 0.5) is 5.69 Å². The Bertz CT molecular complexity index is 432. The van der Waals surface area contributed by atoms with E-state index in [1.807, 2.05) is 31.2 Å². The molecule has 0 heterocycles. The number of para-hydroxylation sites is 1. The Hall–Kier alpha value is -1.10. The number of nitrogens with two attached hydrogens (primary N) is 1. The largest absolute Gasteiger partial charge is 0.368 e. The Morgan fingerprint density at radius 1 is 1.30 bits per heavy atom. The first-order valence-electron chi connectivity index (χ1n) is 6.88. The number of aryl methyl sites for hydroxylation is 1. The fraction of sp³-hybridized carbons (Fsp3) is 0.533. The van der Waals surface area contributed by atoms with Gasteiger partial charge in [-0.25, -0.2) is 0 Å². The van der Waals surface area contributed by atoms with Crippen molar-refractivity contribution in [1.82, 2.24) is 0 Å². The third kappa shape index (κ3) is 5.12. The fourth-order valence-corrected chi connectivity index (χ4v) is 2.35. The second-order valence-corrected chi connectivity index (χ2v) is 5.21. The number of benzene rings is 1. The smallest absolute Gasteiger partial charge is 0.250 e. The number of halogens is 1. The lowest BCUT2D eigenvalue weighted by Gasteiger charge is -2.25. The monoisotopic (exact) mass is 298 g/mol. The highest BCUT2D eigenvalue weighted by molar-refractivity contribution is 5.92. The minimum absolute atomic E-state index is 0. The van der Waals surface area contributed by atoms with E-state index in [0.29, 0.717) is 6.04 Å². The van der Waals surface area contributed by atoms with Gasteiger partial charge in [0.15, 0.2) is 0 Å². The number of hydrogen-bond acceptors (Lipinski definition) is 3. The summed E-state index contributed by atoms with van der Waals surface area (Å²) in [5, 5.41) is 2.87. The Balaban J connectivity index is 0.00000200. The summed E-state index contributed by atoms with van der Waals surface area (Å²) in [6, 6.07) is 8.03. The lowest BCUT2D eigenvalue weighted by atomic mass is 9.94. The van der Waals surface area contributed by atoms with Crippen molar-refractivity contribution in [2.75, 3.05) is 11.9 Å². The van der Waals surface area contributed by atoms with Crippen LogP contribution in [0.1, 0.15) is 31.2 Å². The lowest BCUT2D eigenvalue weighted by molar-refractivity contribution is -0.123. The van der Waals surface area contributed by atoms with E-state index in [4.69, 9.17) is 10.5 Å². The summed E-state index contributed by atoms with van der Waals surface area (Å²) in [6.07, 6.45) is 4.08. The molecule has 4 nitrogen and oxygen atoms in total. The topological polar surface area (TPSA) is 64.3 Å². The van der Waals surface area contributed by atoms with Gasteiger partial charge in [-0.3, -0.25) is 4.79 Å². The van der Waals surface area contributed by atoms with Crippen LogP contribution in [-0.4, -0.2) is 24.7 Å². The molecule has 0 atom stereocenters. The zero-order valence-corrected chi connectivity index (χ0v) is 12.6. The van der Waals surface area contributed by atoms with Crippen molar-refractivity contribution in [2.24, 2.45) is 5.73 Å². The molecule has 0 unspecified atom stereocenters. The van der Waals surface area contributed by atoms with Crippen LogP contribution in [0, 0.1) is 6.92 Å². The number of anilines is 1. The molecule has 1 aromatic carbocycles. The molecule has 1 aliphatic carbocycles. The first kappa shape index (κ1) is 17.0. The second kappa shape index (κ2) is 8.25. The molecule has 2 rings (SSSR count). The van der Waals surface area contributed by atoms with Gasteiger partial charge in [0.2, 0.25) is 5.91 Å². The zero-order chi connectivity index (χ0) is 13.7. The molecule has 0 radical (unpaired) electrons. The van der Waals surface area contributed by atoms with Crippen LogP contribution in [0.15, 0.2) is 24.3 Å². The molecule has 0 bridgehead atoms. The van der Waals surface area contributed by atoms with Gasteiger partial charge < -0.3 is 15.8 Å². The first-order valence-corrected chi connectivity index (χ1v) is 6.88. The second-order valence-electron chi connectivity index (χ2n) is 5.21. The van der Waals surface area contributed by atoms with E-state index in [0.717, 1.165) is 36.9 Å². The standard InChI is InChI=1S/C15H22N2O2.ClH/c1-11-4-2-3-5-14(11)17-15(18)10-19-13-8-6-12(16)7-9-13;/h2-5,12-13H,6-10,16H2,1H3,(H,17,18);1H. The molecule has 0 saturated heterocycles. The van der Waals surface area contributed by atoms with Crippen molar-refractivity contribution in [1.29, 1.82) is 0 Å². The van der Waals surface area contributed by atoms with E-state index in [1.54, 1.807) is 0 Å². The van der Waals surface area contributed by atoms with Crippen LogP contribution in [-0.2, 0) is 9.53 Å². The highest BCUT2D eigenvalue weighted by Gasteiger charge is 2.19. The highest BCUT2D eigenvalue weighted by atomic mass is 35.5. The van der Waals surface area contributed by atoms with Gasteiger partial charge in [0.1, 0.15) is 6.61 Å². The van der Waals surface area contributed by atoms with E-state index in [-0.39, 0.29) is 31.0 Å². The molecule has 20 heavy (non-hydrogen) atoms. The van der Waals surface area contributed by atoms with Crippen LogP contribution in [0.25, 0.3) is 0 Å². The molecular weight excluding hydrogens is 276 g/mol. The van der Waals surface area contributed by atoms with Crippen LogP contribution in [0.5, 0.6) is 0 Å². The summed E-state index contributed by atoms with van der Waals surface area (Å²) in [4.78, 5) is 11.8. The minimum atomic E-state index is -0.0934. The molecule has 1 amide bonds. The number of hydrogen-bond donors (Lipinski definition) is 2. The number of nitrogens with one attached hydrogen (secondary N) is 1. The van der Waals surface area contributed by atoms with Crippen LogP contribution in [0.2, 0.25) is 0 Å². The average Bonchev–Trinajstić information content (AvgIpc) is 2.41. The van der Waals surface area contributed by atoms with Crippen molar-refractivity contribution in [3.63, 3.8) is 0 Å². The maximum absolute atomic E-state index is 11.8. The van der Waals surface area contributed by atoms with Gasteiger partial charge in [-0.2, -0.15) is 0 Å². The van der Waals surface area contributed by atoms with Crippen molar-refractivity contribution in [2.45, 2.75) is 44.8 Å². The summed E-state index contributed by atoms with van der Waals surface area (Å²) in [7, 11) is 0. The predicted molar refractivity (Wildman–Crippen MR) is 83.2 cm³/mol. The Labute approximate surface area is 126 Å². The molecule has 1 saturated carbocycles. The van der Waals surface area contributed by atoms with Gasteiger partial charge in [-0.05, 0) is 44.2 Å². The van der Waals surface area contributed by atoms with Crippen molar-refractivity contribution in [3.8, 4) is 0 Å². The van der Waals surface area contributed by atoms with Gasteiger partial charge in [0.05, 0.1) is 6.10 Å². The molecular formula is C15H23ClN2O2. The fourth-order valence-electron chi connectivity index (χ4n) is 2.35. The first-order chi connectivity index (χ1) is 9.15. The van der Waals surface area contributed by atoms with Crippen LogP contribution in [0.3, 0.4) is 0 Å². The maximum atomic E-state index is 11.8. The predicted octanol–water partition coefficient (Wildman–Crippen LogP) is 2.64. The molecule has 0 spiro atoms. The molecule has 5 heteroatoms. The van der Waals surface area contributed by atoms with E-state index < -0.39 is 0 Å². The van der Waals surface area contributed by atoms with E-state index in [2.05, 4.69) is 5.32 Å². The molecule has 1 fully saturated rings. The lowest BCUT2D eigenvalue weighted by Crippen LogP contribution is -2.32. The molecule has 0 aromatic heterocycles. The maximum Gasteiger partial charge on any atom is 0.250 e. The summed E-state index contributed by atoms with van der Waals surface area (Å²) < 4.78 is 5.64. The third-order valence-corrected chi connectivity index (χ3v) is 3.59. The molecule has 1 aromatic rings. The third-order valence-electron chi connectivity index (χ3n) is 3.59. The molecule has 0 aliphatic heterocycles. The number of amides is 1. The minimum Gasteiger partial charge on any atom is -0.368 e. The quantitative estimate of drug-likeness (QED) is 0.898. The van der Waals surface area contributed by atoms with Crippen molar-refractivity contribution < 1.29 is 9.53 Å². The molecule has 1 aliphatic rings. The van der Waals surface area contributed by atoms with Gasteiger partial charge in [0, 0.05) is 11.7 Å². The number of carbonyl (C=O) groups is 1. The van der Waals surface area contributed by atoms with E-state index in [1.165, 1.54) is 0 Å². The molecule has 112 valence electrons. The number of rotatable bonds is 4. The average molecular weight is 299 g/mol. The van der Waals surface area contributed by atoms with Crippen molar-refractivity contribution >= 4 is 24.0 Å².